The average Bonchev–Trinajstić information content (AvgIpc) is 3.00. The molecule has 3 heteroatoms. The Balaban J connectivity index is 1.42. The van der Waals surface area contributed by atoms with Crippen molar-refractivity contribution < 1.29 is 4.42 Å². The Morgan fingerprint density at radius 1 is 1.30 bits per heavy atom. The Kier molecular flexibility index (Phi) is 4.79. The van der Waals surface area contributed by atoms with Crippen LogP contribution in [0.15, 0.2) is 22.8 Å². The van der Waals surface area contributed by atoms with Gasteiger partial charge in [-0.25, -0.2) is 0 Å². The number of hydrogen-bond donors (Lipinski definition) is 1. The normalized spacial score (nSPS) is 29.1. The number of rotatable bonds is 5. The second-order valence-corrected chi connectivity index (χ2v) is 6.65. The Bertz CT molecular complexity index is 390. The van der Waals surface area contributed by atoms with Gasteiger partial charge in [-0.2, -0.15) is 0 Å². The van der Waals surface area contributed by atoms with Gasteiger partial charge in [-0.05, 0) is 50.3 Å². The molecule has 1 saturated carbocycles. The van der Waals surface area contributed by atoms with Crippen LogP contribution in [0.2, 0.25) is 0 Å². The van der Waals surface area contributed by atoms with Gasteiger partial charge in [0.25, 0.3) is 0 Å². The van der Waals surface area contributed by atoms with Gasteiger partial charge in [0.15, 0.2) is 0 Å². The van der Waals surface area contributed by atoms with Gasteiger partial charge in [0.1, 0.15) is 5.76 Å². The number of fused-ring (bicyclic) bond motifs is 1. The lowest BCUT2D eigenvalue weighted by Gasteiger charge is -2.43. The van der Waals surface area contributed by atoms with Crippen LogP contribution in [-0.4, -0.2) is 30.6 Å². The highest BCUT2D eigenvalue weighted by Crippen LogP contribution is 2.36. The first-order valence-corrected chi connectivity index (χ1v) is 8.30. The highest BCUT2D eigenvalue weighted by molar-refractivity contribution is 4.97. The summed E-state index contributed by atoms with van der Waals surface area (Å²) < 4.78 is 5.36. The van der Waals surface area contributed by atoms with E-state index in [1.165, 1.54) is 45.2 Å². The fourth-order valence-corrected chi connectivity index (χ4v) is 3.98. The molecule has 1 aromatic rings. The molecule has 1 saturated heterocycles. The minimum Gasteiger partial charge on any atom is -0.468 e. The zero-order valence-corrected chi connectivity index (χ0v) is 12.7. The standard InChI is InChI=1S/C17H28N2O/c1-14(11-18-12-17-7-4-10-20-17)19-9-8-15-5-2-3-6-16(15)13-19/h4,7,10,14-16,18H,2-3,5-6,8-9,11-13H2,1H3. The van der Waals surface area contributed by atoms with Crippen molar-refractivity contribution in [1.82, 2.24) is 10.2 Å². The van der Waals surface area contributed by atoms with Gasteiger partial charge in [0.2, 0.25) is 0 Å². The number of furan rings is 1. The molecule has 1 aromatic heterocycles. The van der Waals surface area contributed by atoms with Gasteiger partial charge in [-0.3, -0.25) is 4.90 Å². The molecule has 0 bridgehead atoms. The highest BCUT2D eigenvalue weighted by atomic mass is 16.3. The van der Waals surface area contributed by atoms with E-state index in [-0.39, 0.29) is 0 Å². The van der Waals surface area contributed by atoms with Crippen LogP contribution < -0.4 is 5.32 Å². The van der Waals surface area contributed by atoms with Gasteiger partial charge >= 0.3 is 0 Å². The Labute approximate surface area is 122 Å². The maximum atomic E-state index is 5.36. The molecule has 0 amide bonds. The number of hydrogen-bond acceptors (Lipinski definition) is 3. The van der Waals surface area contributed by atoms with Crippen molar-refractivity contribution >= 4 is 0 Å². The molecule has 1 aliphatic heterocycles. The van der Waals surface area contributed by atoms with Crippen molar-refractivity contribution in [3.8, 4) is 0 Å². The molecule has 3 atom stereocenters. The topological polar surface area (TPSA) is 28.4 Å². The van der Waals surface area contributed by atoms with E-state index in [2.05, 4.69) is 17.1 Å². The van der Waals surface area contributed by atoms with Gasteiger partial charge in [-0.1, -0.05) is 19.3 Å². The summed E-state index contributed by atoms with van der Waals surface area (Å²) in [6.45, 7) is 6.88. The third-order valence-electron chi connectivity index (χ3n) is 5.27. The smallest absolute Gasteiger partial charge is 0.117 e. The second kappa shape index (κ2) is 6.77. The van der Waals surface area contributed by atoms with Crippen LogP contribution in [0.25, 0.3) is 0 Å². The molecule has 0 spiro atoms. The van der Waals surface area contributed by atoms with Crippen molar-refractivity contribution in [2.75, 3.05) is 19.6 Å². The van der Waals surface area contributed by atoms with Crippen molar-refractivity contribution in [3.05, 3.63) is 24.2 Å². The number of nitrogens with zero attached hydrogens (tertiary/aromatic N) is 1. The zero-order valence-electron chi connectivity index (χ0n) is 12.7. The Morgan fingerprint density at radius 3 is 2.95 bits per heavy atom. The summed E-state index contributed by atoms with van der Waals surface area (Å²) in [5.74, 6) is 3.04. The van der Waals surface area contributed by atoms with E-state index in [1.54, 1.807) is 6.26 Å². The molecule has 3 nitrogen and oxygen atoms in total. The van der Waals surface area contributed by atoms with E-state index in [1.807, 2.05) is 12.1 Å². The van der Waals surface area contributed by atoms with Crippen molar-refractivity contribution in [1.29, 1.82) is 0 Å². The van der Waals surface area contributed by atoms with Gasteiger partial charge in [0.05, 0.1) is 12.8 Å². The van der Waals surface area contributed by atoms with Crippen LogP contribution in [0.1, 0.15) is 44.8 Å². The van der Waals surface area contributed by atoms with Crippen LogP contribution in [0, 0.1) is 11.8 Å². The molecule has 2 aliphatic rings. The third kappa shape index (κ3) is 3.44. The SMILES string of the molecule is CC(CNCc1ccco1)N1CCC2CCCCC2C1. The summed E-state index contributed by atoms with van der Waals surface area (Å²) in [6.07, 6.45) is 9.06. The van der Waals surface area contributed by atoms with Crippen LogP contribution in [-0.2, 0) is 6.54 Å². The maximum absolute atomic E-state index is 5.36. The lowest BCUT2D eigenvalue weighted by Crippen LogP contribution is -2.48. The second-order valence-electron chi connectivity index (χ2n) is 6.65. The van der Waals surface area contributed by atoms with E-state index in [0.717, 1.165) is 30.7 Å². The molecule has 0 radical (unpaired) electrons. The van der Waals surface area contributed by atoms with Gasteiger partial charge in [0, 0.05) is 19.1 Å². The molecular formula is C17H28N2O. The van der Waals surface area contributed by atoms with Crippen molar-refractivity contribution in [2.24, 2.45) is 11.8 Å². The summed E-state index contributed by atoms with van der Waals surface area (Å²) in [5.41, 5.74) is 0. The zero-order chi connectivity index (χ0) is 13.8. The quantitative estimate of drug-likeness (QED) is 0.894. The van der Waals surface area contributed by atoms with E-state index in [9.17, 15) is 0 Å². The molecule has 2 heterocycles. The largest absolute Gasteiger partial charge is 0.468 e. The Hall–Kier alpha value is -0.800. The minimum absolute atomic E-state index is 0.632. The molecule has 2 fully saturated rings. The number of likely N-dealkylation sites (tertiary alicyclic amines) is 1. The van der Waals surface area contributed by atoms with Crippen LogP contribution in [0.3, 0.4) is 0 Å². The predicted molar refractivity (Wildman–Crippen MR) is 81.5 cm³/mol. The molecule has 20 heavy (non-hydrogen) atoms. The lowest BCUT2D eigenvalue weighted by molar-refractivity contribution is 0.0615. The number of nitrogens with one attached hydrogen (secondary N) is 1. The molecule has 1 N–H and O–H groups in total. The highest BCUT2D eigenvalue weighted by Gasteiger charge is 2.32. The van der Waals surface area contributed by atoms with Gasteiger partial charge in [-0.15, -0.1) is 0 Å². The van der Waals surface area contributed by atoms with Crippen LogP contribution in [0.4, 0.5) is 0 Å². The first-order chi connectivity index (χ1) is 9.83. The number of piperidine rings is 1. The van der Waals surface area contributed by atoms with Crippen molar-refractivity contribution in [2.45, 2.75) is 51.6 Å². The average molecular weight is 276 g/mol. The lowest BCUT2D eigenvalue weighted by atomic mass is 9.75. The van der Waals surface area contributed by atoms with Crippen LogP contribution in [0.5, 0.6) is 0 Å². The first kappa shape index (κ1) is 14.2. The van der Waals surface area contributed by atoms with Gasteiger partial charge < -0.3 is 9.73 Å². The van der Waals surface area contributed by atoms with Crippen LogP contribution >= 0.6 is 0 Å². The summed E-state index contributed by atoms with van der Waals surface area (Å²) >= 11 is 0. The van der Waals surface area contributed by atoms with E-state index < -0.39 is 0 Å². The minimum atomic E-state index is 0.632. The monoisotopic (exact) mass is 276 g/mol. The van der Waals surface area contributed by atoms with E-state index >= 15 is 0 Å². The molecule has 112 valence electrons. The fraction of sp³-hybridized carbons (Fsp3) is 0.765. The maximum Gasteiger partial charge on any atom is 0.117 e. The fourth-order valence-electron chi connectivity index (χ4n) is 3.98. The molecular weight excluding hydrogens is 248 g/mol. The van der Waals surface area contributed by atoms with Crippen molar-refractivity contribution in [3.63, 3.8) is 0 Å². The molecule has 0 aromatic carbocycles. The predicted octanol–water partition coefficient (Wildman–Crippen LogP) is 3.27. The first-order valence-electron chi connectivity index (χ1n) is 8.30. The molecule has 3 unspecified atom stereocenters. The third-order valence-corrected chi connectivity index (χ3v) is 5.27. The summed E-state index contributed by atoms with van der Waals surface area (Å²) in [6, 6.07) is 4.62. The summed E-state index contributed by atoms with van der Waals surface area (Å²) in [7, 11) is 0. The summed E-state index contributed by atoms with van der Waals surface area (Å²) in [5, 5.41) is 3.52. The van der Waals surface area contributed by atoms with E-state index in [0.29, 0.717) is 6.04 Å². The molecule has 1 aliphatic carbocycles. The molecule has 3 rings (SSSR count). The Morgan fingerprint density at radius 2 is 2.15 bits per heavy atom. The van der Waals surface area contributed by atoms with E-state index in [4.69, 9.17) is 4.42 Å². The summed E-state index contributed by atoms with van der Waals surface area (Å²) in [4.78, 5) is 2.70.